The first kappa shape index (κ1) is 58.2. The van der Waals surface area contributed by atoms with Gasteiger partial charge in [0.25, 0.3) is 30.1 Å². The minimum atomic E-state index is -3.70. The fraction of sp³-hybridized carbons (Fsp3) is 0.270. The van der Waals surface area contributed by atoms with Crippen LogP contribution in [0.3, 0.4) is 0 Å². The Labute approximate surface area is 429 Å². The molecule has 0 bridgehead atoms. The predicted octanol–water partition coefficient (Wildman–Crippen LogP) is 2.58. The van der Waals surface area contributed by atoms with Gasteiger partial charge in [-0.3, -0.25) is 18.9 Å². The van der Waals surface area contributed by atoms with E-state index in [0.717, 1.165) is 62.9 Å². The van der Waals surface area contributed by atoms with E-state index < -0.39 is 40.1 Å². The second-order valence-electron chi connectivity index (χ2n) is 13.8. The molecule has 0 aliphatic rings. The number of rotatable bonds is 19. The van der Waals surface area contributed by atoms with Crippen LogP contribution in [0.5, 0.6) is 0 Å². The number of nitrogens with one attached hydrogen (secondary N) is 4. The van der Waals surface area contributed by atoms with Crippen molar-refractivity contribution in [3.8, 4) is 0 Å². The molecule has 0 amide bonds. The highest BCUT2D eigenvalue weighted by molar-refractivity contribution is 7.94. The SMILES string of the molecule is CS(=O)(=O)Nc1nc(N)c(CCO)s1.Cc1ccccc1S(=O)(=O)Nc1nc(N)c(CCO)s1.Nc1nc(NS(=O)(=O)c2ccccc2)sc1CCO.Nc1nc(NS(=O)(=O)c2nccs2)sc1CCO. The molecule has 34 heteroatoms. The number of aromatic nitrogens is 5. The van der Waals surface area contributed by atoms with E-state index in [2.05, 4.69) is 43.8 Å². The Morgan fingerprint density at radius 3 is 1.24 bits per heavy atom. The molecule has 388 valence electrons. The Morgan fingerprint density at radius 2 is 0.873 bits per heavy atom. The molecule has 0 radical (unpaired) electrons. The largest absolute Gasteiger partial charge is 0.396 e. The van der Waals surface area contributed by atoms with E-state index in [1.807, 2.05) is 0 Å². The molecular formula is C37H49N13O12S9. The fourth-order valence-electron chi connectivity index (χ4n) is 5.21. The van der Waals surface area contributed by atoms with Gasteiger partial charge in [0.15, 0.2) is 20.5 Å². The fourth-order valence-corrected chi connectivity index (χ4v) is 14.3. The molecule has 0 aliphatic heterocycles. The zero-order chi connectivity index (χ0) is 52.6. The Balaban J connectivity index is 0.000000207. The van der Waals surface area contributed by atoms with Crippen LogP contribution in [0, 0.1) is 6.92 Å². The summed E-state index contributed by atoms with van der Waals surface area (Å²) >= 11 is 5.48. The van der Waals surface area contributed by atoms with Gasteiger partial charge in [0, 0.05) is 63.7 Å². The van der Waals surface area contributed by atoms with Crippen molar-refractivity contribution in [1.82, 2.24) is 24.9 Å². The normalized spacial score (nSPS) is 11.5. The van der Waals surface area contributed by atoms with Gasteiger partial charge in [0.05, 0.1) is 35.6 Å². The van der Waals surface area contributed by atoms with Crippen LogP contribution >= 0.6 is 56.7 Å². The first-order valence-corrected chi connectivity index (χ1v) is 30.4. The van der Waals surface area contributed by atoms with Crippen LogP contribution in [-0.4, -0.2) is 112 Å². The number of aliphatic hydroxyl groups is 4. The highest BCUT2D eigenvalue weighted by Crippen LogP contribution is 2.30. The van der Waals surface area contributed by atoms with Crippen LogP contribution in [0.25, 0.3) is 0 Å². The molecule has 5 aromatic heterocycles. The van der Waals surface area contributed by atoms with E-state index in [1.165, 1.54) is 24.4 Å². The summed E-state index contributed by atoms with van der Waals surface area (Å²) in [6, 6.07) is 14.7. The molecule has 0 aliphatic carbocycles. The van der Waals surface area contributed by atoms with Crippen molar-refractivity contribution in [3.05, 3.63) is 91.2 Å². The summed E-state index contributed by atoms with van der Waals surface area (Å²) in [5, 5.41) is 37.6. The predicted molar refractivity (Wildman–Crippen MR) is 280 cm³/mol. The lowest BCUT2D eigenvalue weighted by Crippen LogP contribution is -2.14. The van der Waals surface area contributed by atoms with Gasteiger partial charge in [0.2, 0.25) is 14.4 Å². The Kier molecular flexibility index (Phi) is 21.6. The molecule has 71 heavy (non-hydrogen) atoms. The van der Waals surface area contributed by atoms with E-state index in [9.17, 15) is 33.7 Å². The molecule has 0 fully saturated rings. The summed E-state index contributed by atoms with van der Waals surface area (Å²) in [6.45, 7) is 1.51. The van der Waals surface area contributed by atoms with Crippen molar-refractivity contribution in [1.29, 1.82) is 0 Å². The second-order valence-corrected chi connectivity index (χ2v) is 25.9. The number of nitrogen functional groups attached to an aromatic ring is 4. The monoisotopic (exact) mass is 1160 g/mol. The standard InChI is InChI=1S/C12H15N3O3S2.C11H13N3O3S2.C8H10N4O3S3.C6H11N3O3S2/c1-8-4-2-3-5-10(8)20(17,18)15-12-14-11(13)9(19-12)6-7-16;12-10-9(6-7-15)18-11(13-10)14-19(16,17)8-4-2-1-3-5-8;9-6-5(1-3-13)17-7(11-6)12-18(14,15)8-10-2-4-16-8;1-14(11,12)9-6-8-5(7)4(13-6)2-3-10/h2-5,16H,6-7,13H2,1H3,(H,14,15);1-5,15H,6-7,12H2,(H,13,14);2,4,13H,1,3,9H2,(H,11,12);10H,2-3,7H2,1H3,(H,8,9). The number of nitrogens with zero attached hydrogens (tertiary/aromatic N) is 5. The first-order valence-electron chi connectivity index (χ1n) is 19.9. The van der Waals surface area contributed by atoms with E-state index in [1.54, 1.807) is 48.7 Å². The van der Waals surface area contributed by atoms with Crippen molar-refractivity contribution < 1.29 is 54.1 Å². The molecule has 0 spiro atoms. The number of hydrogen-bond donors (Lipinski definition) is 12. The molecule has 0 saturated carbocycles. The highest BCUT2D eigenvalue weighted by Gasteiger charge is 2.22. The third kappa shape index (κ3) is 18.0. The van der Waals surface area contributed by atoms with Gasteiger partial charge >= 0.3 is 0 Å². The van der Waals surface area contributed by atoms with Crippen LogP contribution in [0.2, 0.25) is 0 Å². The molecule has 25 nitrogen and oxygen atoms in total. The van der Waals surface area contributed by atoms with Crippen LogP contribution in [0.15, 0.2) is 80.3 Å². The summed E-state index contributed by atoms with van der Waals surface area (Å²) in [7, 11) is -14.4. The second kappa shape index (κ2) is 26.4. The Hall–Kier alpha value is -5.37. The number of aryl methyl sites for hydroxylation is 1. The van der Waals surface area contributed by atoms with Gasteiger partial charge in [-0.05, 0) is 30.7 Å². The Bertz CT molecular complexity index is 3260. The zero-order valence-corrected chi connectivity index (χ0v) is 44.6. The summed E-state index contributed by atoms with van der Waals surface area (Å²) in [4.78, 5) is 22.3. The van der Waals surface area contributed by atoms with Crippen molar-refractivity contribution in [2.45, 2.75) is 46.7 Å². The number of aliphatic hydroxyl groups excluding tert-OH is 4. The van der Waals surface area contributed by atoms with Crippen molar-refractivity contribution in [2.75, 3.05) is 74.5 Å². The quantitative estimate of drug-likeness (QED) is 0.0553. The first-order chi connectivity index (χ1) is 33.4. The molecule has 5 heterocycles. The van der Waals surface area contributed by atoms with Crippen LogP contribution < -0.4 is 41.8 Å². The van der Waals surface area contributed by atoms with Crippen LogP contribution in [0.4, 0.5) is 43.8 Å². The van der Waals surface area contributed by atoms with Gasteiger partial charge in [-0.15, -0.1) is 11.3 Å². The van der Waals surface area contributed by atoms with Gasteiger partial charge in [-0.25, -0.2) is 50.2 Å². The third-order valence-corrected chi connectivity index (χ3v) is 18.9. The average Bonchev–Trinajstić information content (AvgIpc) is 4.14. The lowest BCUT2D eigenvalue weighted by Gasteiger charge is -2.07. The maximum absolute atomic E-state index is 12.3. The van der Waals surface area contributed by atoms with Gasteiger partial charge in [0.1, 0.15) is 23.3 Å². The van der Waals surface area contributed by atoms with Crippen molar-refractivity contribution in [2.24, 2.45) is 0 Å². The van der Waals surface area contributed by atoms with E-state index in [4.69, 9.17) is 43.4 Å². The van der Waals surface area contributed by atoms with Gasteiger partial charge in [-0.2, -0.15) is 8.42 Å². The number of anilines is 8. The lowest BCUT2D eigenvalue weighted by atomic mass is 10.2. The van der Waals surface area contributed by atoms with Crippen molar-refractivity contribution >= 4 is 141 Å². The topological polar surface area (TPSA) is 434 Å². The number of hydrogen-bond acceptors (Lipinski definition) is 26. The minimum absolute atomic E-state index is 0.0278. The average molecular weight is 1160 g/mol. The summed E-state index contributed by atoms with van der Waals surface area (Å²) in [5.74, 6) is 0.970. The Morgan fingerprint density at radius 1 is 0.507 bits per heavy atom. The molecule has 0 saturated heterocycles. The summed E-state index contributed by atoms with van der Waals surface area (Å²) in [6.07, 6.45) is 3.90. The van der Waals surface area contributed by atoms with Crippen molar-refractivity contribution in [3.63, 3.8) is 0 Å². The number of thiazole rings is 5. The maximum Gasteiger partial charge on any atom is 0.291 e. The van der Waals surface area contributed by atoms with Gasteiger partial charge in [-0.1, -0.05) is 81.7 Å². The number of benzene rings is 2. The molecule has 2 aromatic carbocycles. The molecular weight excluding hydrogens is 1110 g/mol. The molecule has 0 unspecified atom stereocenters. The molecule has 0 atom stereocenters. The molecule has 7 rings (SSSR count). The molecule has 16 N–H and O–H groups in total. The lowest BCUT2D eigenvalue weighted by molar-refractivity contribution is 0.300. The number of sulfonamides is 4. The maximum atomic E-state index is 12.3. The zero-order valence-electron chi connectivity index (χ0n) is 37.3. The van der Waals surface area contributed by atoms with Gasteiger partial charge < -0.3 is 43.4 Å². The number of nitrogens with two attached hydrogens (primary N) is 4. The smallest absolute Gasteiger partial charge is 0.291 e. The molecule has 7 aromatic rings. The van der Waals surface area contributed by atoms with E-state index in [-0.39, 0.29) is 84.4 Å². The van der Waals surface area contributed by atoms with E-state index in [0.29, 0.717) is 50.8 Å². The highest BCUT2D eigenvalue weighted by atomic mass is 32.2. The third-order valence-electron chi connectivity index (χ3n) is 8.28. The van der Waals surface area contributed by atoms with E-state index >= 15 is 0 Å². The summed E-state index contributed by atoms with van der Waals surface area (Å²) < 4.78 is 103. The van der Waals surface area contributed by atoms with Crippen LogP contribution in [-0.2, 0) is 65.8 Å². The minimum Gasteiger partial charge on any atom is -0.396 e. The summed E-state index contributed by atoms with van der Waals surface area (Å²) in [5.41, 5.74) is 23.1. The van der Waals surface area contributed by atoms with Crippen LogP contribution in [0.1, 0.15) is 25.1 Å².